The lowest BCUT2D eigenvalue weighted by Crippen LogP contribution is -2.27. The summed E-state index contributed by atoms with van der Waals surface area (Å²) < 4.78 is 17.4. The van der Waals surface area contributed by atoms with E-state index in [0.29, 0.717) is 42.1 Å². The first-order valence-electron chi connectivity index (χ1n) is 10.2. The molecule has 1 aliphatic rings. The zero-order chi connectivity index (χ0) is 24.1. The molecule has 9 heteroatoms. The molecule has 0 aliphatic carbocycles. The van der Waals surface area contributed by atoms with E-state index in [2.05, 4.69) is 0 Å². The Bertz CT molecular complexity index is 1250. The van der Waals surface area contributed by atoms with Gasteiger partial charge in [-0.3, -0.25) is 9.69 Å². The summed E-state index contributed by atoms with van der Waals surface area (Å²) in [6.07, 6.45) is 1.74. The SMILES string of the molecule is COc1cc(/C=C2\SC(=S)N(c3ccccc3)C2=O)cc(Cl)c1OCCOc1ccccc1Cl. The van der Waals surface area contributed by atoms with Crippen LogP contribution in [-0.4, -0.2) is 30.6 Å². The maximum Gasteiger partial charge on any atom is 0.270 e. The molecule has 0 spiro atoms. The molecule has 0 radical (unpaired) electrons. The van der Waals surface area contributed by atoms with E-state index in [9.17, 15) is 4.79 Å². The van der Waals surface area contributed by atoms with Gasteiger partial charge in [-0.1, -0.05) is 77.5 Å². The molecular weight excluding hydrogens is 513 g/mol. The quantitative estimate of drug-likeness (QED) is 0.179. The Morgan fingerprint density at radius 2 is 1.65 bits per heavy atom. The fraction of sp³-hybridized carbons (Fsp3) is 0.120. The van der Waals surface area contributed by atoms with Gasteiger partial charge in [0.1, 0.15) is 19.0 Å². The van der Waals surface area contributed by atoms with Gasteiger partial charge in [-0.2, -0.15) is 0 Å². The molecule has 1 fully saturated rings. The Morgan fingerprint density at radius 3 is 2.38 bits per heavy atom. The zero-order valence-corrected chi connectivity index (χ0v) is 21.1. The standard InChI is InChI=1S/C25H19Cl2NO4S2/c1-30-21-14-16(15-22-24(29)28(25(33)34-22)17-7-3-2-4-8-17)13-19(27)23(21)32-12-11-31-20-10-6-5-9-18(20)26/h2-10,13-15H,11-12H2,1H3/b22-15-. The molecule has 0 unspecified atom stereocenters. The second kappa shape index (κ2) is 11.1. The van der Waals surface area contributed by atoms with E-state index in [1.807, 2.05) is 42.5 Å². The van der Waals surface area contributed by atoms with Crippen molar-refractivity contribution in [3.05, 3.63) is 87.2 Å². The Kier molecular flexibility index (Phi) is 8.00. The fourth-order valence-corrected chi connectivity index (χ4v) is 5.00. The first-order valence-corrected chi connectivity index (χ1v) is 12.2. The van der Waals surface area contributed by atoms with Gasteiger partial charge in [-0.15, -0.1) is 0 Å². The number of ether oxygens (including phenoxy) is 3. The molecule has 5 nitrogen and oxygen atoms in total. The number of carbonyl (C=O) groups excluding carboxylic acids is 1. The van der Waals surface area contributed by atoms with Gasteiger partial charge in [0.15, 0.2) is 15.8 Å². The van der Waals surface area contributed by atoms with Crippen molar-refractivity contribution < 1.29 is 19.0 Å². The molecule has 1 heterocycles. The largest absolute Gasteiger partial charge is 0.493 e. The normalized spacial score (nSPS) is 14.6. The van der Waals surface area contributed by atoms with Gasteiger partial charge in [0.05, 0.1) is 27.7 Å². The van der Waals surface area contributed by atoms with E-state index in [0.717, 1.165) is 5.69 Å². The van der Waals surface area contributed by atoms with Crippen molar-refractivity contribution in [1.82, 2.24) is 0 Å². The second-order valence-electron chi connectivity index (χ2n) is 7.01. The number of nitrogens with zero attached hydrogens (tertiary/aromatic N) is 1. The summed E-state index contributed by atoms with van der Waals surface area (Å²) in [5, 5.41) is 0.877. The molecule has 174 valence electrons. The van der Waals surface area contributed by atoms with E-state index in [1.54, 1.807) is 30.3 Å². The lowest BCUT2D eigenvalue weighted by molar-refractivity contribution is -0.113. The molecule has 1 saturated heterocycles. The number of thiocarbonyl (C=S) groups is 1. The molecule has 3 aromatic rings. The summed E-state index contributed by atoms with van der Waals surface area (Å²) >= 11 is 19.2. The van der Waals surface area contributed by atoms with Crippen molar-refractivity contribution in [3.63, 3.8) is 0 Å². The van der Waals surface area contributed by atoms with Gasteiger partial charge < -0.3 is 14.2 Å². The van der Waals surface area contributed by atoms with Crippen molar-refractivity contribution in [2.24, 2.45) is 0 Å². The predicted octanol–water partition coefficient (Wildman–Crippen LogP) is 6.87. The van der Waals surface area contributed by atoms with Gasteiger partial charge in [0.2, 0.25) is 0 Å². The van der Waals surface area contributed by atoms with Crippen LogP contribution >= 0.6 is 47.2 Å². The van der Waals surface area contributed by atoms with Crippen LogP contribution in [0.2, 0.25) is 10.0 Å². The Morgan fingerprint density at radius 1 is 0.941 bits per heavy atom. The minimum atomic E-state index is -0.187. The van der Waals surface area contributed by atoms with E-state index >= 15 is 0 Å². The van der Waals surface area contributed by atoms with Gasteiger partial charge in [0, 0.05) is 0 Å². The topological polar surface area (TPSA) is 48.0 Å². The number of methoxy groups -OCH3 is 1. The van der Waals surface area contributed by atoms with Gasteiger partial charge >= 0.3 is 0 Å². The number of hydrogen-bond donors (Lipinski definition) is 0. The summed E-state index contributed by atoms with van der Waals surface area (Å²) in [7, 11) is 1.53. The highest BCUT2D eigenvalue weighted by molar-refractivity contribution is 8.27. The number of thioether (sulfide) groups is 1. The molecule has 34 heavy (non-hydrogen) atoms. The van der Waals surface area contributed by atoms with Crippen molar-refractivity contribution >= 4 is 69.2 Å². The highest BCUT2D eigenvalue weighted by Crippen LogP contribution is 2.40. The van der Waals surface area contributed by atoms with Crippen molar-refractivity contribution in [2.75, 3.05) is 25.2 Å². The second-order valence-corrected chi connectivity index (χ2v) is 9.50. The van der Waals surface area contributed by atoms with Crippen LogP contribution in [0.5, 0.6) is 17.2 Å². The summed E-state index contributed by atoms with van der Waals surface area (Å²) in [6.45, 7) is 0.503. The lowest BCUT2D eigenvalue weighted by atomic mass is 10.1. The Hall–Kier alpha value is -2.71. The molecule has 0 bridgehead atoms. The number of halogens is 2. The fourth-order valence-electron chi connectivity index (χ4n) is 3.24. The number of hydrogen-bond acceptors (Lipinski definition) is 6. The smallest absolute Gasteiger partial charge is 0.270 e. The van der Waals surface area contributed by atoms with Gasteiger partial charge in [0.25, 0.3) is 5.91 Å². The van der Waals surface area contributed by atoms with Crippen LogP contribution in [0.15, 0.2) is 71.6 Å². The summed E-state index contributed by atoms with van der Waals surface area (Å²) in [5.74, 6) is 1.22. The van der Waals surface area contributed by atoms with E-state index < -0.39 is 0 Å². The van der Waals surface area contributed by atoms with Crippen molar-refractivity contribution in [1.29, 1.82) is 0 Å². The number of rotatable bonds is 8. The molecule has 1 amide bonds. The first-order chi connectivity index (χ1) is 16.5. The molecule has 0 saturated carbocycles. The van der Waals surface area contributed by atoms with Crippen LogP contribution in [0.1, 0.15) is 5.56 Å². The van der Waals surface area contributed by atoms with Gasteiger partial charge in [-0.05, 0) is 48.0 Å². The van der Waals surface area contributed by atoms with Crippen LogP contribution in [0.25, 0.3) is 6.08 Å². The van der Waals surface area contributed by atoms with Crippen LogP contribution in [0, 0.1) is 0 Å². The van der Waals surface area contributed by atoms with Crippen LogP contribution in [0.4, 0.5) is 5.69 Å². The number of anilines is 1. The minimum absolute atomic E-state index is 0.187. The lowest BCUT2D eigenvalue weighted by Gasteiger charge is -2.14. The first kappa shape index (κ1) is 24.4. The number of amides is 1. The number of benzene rings is 3. The highest BCUT2D eigenvalue weighted by atomic mass is 35.5. The third-order valence-corrected chi connectivity index (χ3v) is 6.68. The summed E-state index contributed by atoms with van der Waals surface area (Å²) in [4.78, 5) is 15.0. The minimum Gasteiger partial charge on any atom is -0.493 e. The van der Waals surface area contributed by atoms with Crippen molar-refractivity contribution in [3.8, 4) is 17.2 Å². The molecular formula is C25H19Cl2NO4S2. The average molecular weight is 532 g/mol. The molecule has 1 aliphatic heterocycles. The zero-order valence-electron chi connectivity index (χ0n) is 18.0. The molecule has 3 aromatic carbocycles. The van der Waals surface area contributed by atoms with Crippen LogP contribution in [-0.2, 0) is 4.79 Å². The average Bonchev–Trinajstić information content (AvgIpc) is 3.11. The summed E-state index contributed by atoms with van der Waals surface area (Å²) in [6, 6.07) is 20.0. The molecule has 0 aromatic heterocycles. The monoisotopic (exact) mass is 531 g/mol. The van der Waals surface area contributed by atoms with E-state index in [-0.39, 0.29) is 19.1 Å². The molecule has 0 atom stereocenters. The number of para-hydroxylation sites is 2. The molecule has 0 N–H and O–H groups in total. The summed E-state index contributed by atoms with van der Waals surface area (Å²) in [5.41, 5.74) is 1.42. The Balaban J connectivity index is 1.47. The third kappa shape index (κ3) is 5.50. The predicted molar refractivity (Wildman–Crippen MR) is 143 cm³/mol. The third-order valence-electron chi connectivity index (χ3n) is 4.78. The molecule has 4 rings (SSSR count). The highest BCUT2D eigenvalue weighted by Gasteiger charge is 2.33. The maximum atomic E-state index is 13.0. The van der Waals surface area contributed by atoms with Crippen molar-refractivity contribution in [2.45, 2.75) is 0 Å². The van der Waals surface area contributed by atoms with E-state index in [4.69, 9.17) is 49.6 Å². The van der Waals surface area contributed by atoms with Crippen LogP contribution in [0.3, 0.4) is 0 Å². The van der Waals surface area contributed by atoms with Crippen LogP contribution < -0.4 is 19.1 Å². The van der Waals surface area contributed by atoms with Gasteiger partial charge in [-0.25, -0.2) is 0 Å². The number of carbonyl (C=O) groups is 1. The van der Waals surface area contributed by atoms with E-state index in [1.165, 1.54) is 23.8 Å². The maximum absolute atomic E-state index is 13.0. The Labute approximate surface area is 217 Å².